The van der Waals surface area contributed by atoms with Gasteiger partial charge in [0, 0.05) is 47.4 Å². The molecule has 0 saturated carbocycles. The maximum absolute atomic E-state index is 13.1. The largest absolute Gasteiger partial charge is 0.493 e. The first-order valence-electron chi connectivity index (χ1n) is 13.2. The molecule has 0 radical (unpaired) electrons. The SMILES string of the molecule is COc1ccc(C(=O)NCc2cccc(C(=O)N[C@@H]3NC4=C(CC(N5CCS(=O)(=O)CC5)CC4)S3)c2)cc1OC. The highest BCUT2D eigenvalue weighted by Gasteiger charge is 2.35. The highest BCUT2D eigenvalue weighted by molar-refractivity contribution is 8.03. The Bertz CT molecular complexity index is 1410. The lowest BCUT2D eigenvalue weighted by Gasteiger charge is -2.36. The third-order valence-corrected chi connectivity index (χ3v) is 10.3. The number of carbonyl (C=O) groups is 2. The van der Waals surface area contributed by atoms with Crippen molar-refractivity contribution in [2.24, 2.45) is 0 Å². The molecule has 2 aliphatic heterocycles. The number of benzene rings is 2. The number of methoxy groups -OCH3 is 2. The molecule has 2 heterocycles. The van der Waals surface area contributed by atoms with Crippen LogP contribution in [0.3, 0.4) is 0 Å². The van der Waals surface area contributed by atoms with Crippen LogP contribution in [0, 0.1) is 0 Å². The lowest BCUT2D eigenvalue weighted by atomic mass is 9.97. The second kappa shape index (κ2) is 12.1. The second-order valence-electron chi connectivity index (χ2n) is 10.1. The molecule has 0 bridgehead atoms. The van der Waals surface area contributed by atoms with Crippen LogP contribution in [0.2, 0.25) is 0 Å². The van der Waals surface area contributed by atoms with Gasteiger partial charge in [-0.1, -0.05) is 23.9 Å². The molecule has 2 atom stereocenters. The van der Waals surface area contributed by atoms with Gasteiger partial charge in [0.05, 0.1) is 25.7 Å². The van der Waals surface area contributed by atoms with Crippen LogP contribution in [-0.2, 0) is 16.4 Å². The van der Waals surface area contributed by atoms with Crippen molar-refractivity contribution in [3.63, 3.8) is 0 Å². The minimum absolute atomic E-state index is 0.198. The van der Waals surface area contributed by atoms with Gasteiger partial charge >= 0.3 is 0 Å². The van der Waals surface area contributed by atoms with E-state index in [1.165, 1.54) is 24.8 Å². The normalized spacial score (nSPS) is 22.1. The number of thioether (sulfide) groups is 1. The van der Waals surface area contributed by atoms with E-state index in [1.54, 1.807) is 48.2 Å². The Morgan fingerprint density at radius 1 is 1.02 bits per heavy atom. The lowest BCUT2D eigenvalue weighted by molar-refractivity contribution is 0.0942. The number of nitrogens with one attached hydrogen (secondary N) is 3. The van der Waals surface area contributed by atoms with Gasteiger partial charge in [0.1, 0.15) is 0 Å². The maximum Gasteiger partial charge on any atom is 0.253 e. The minimum Gasteiger partial charge on any atom is -0.493 e. The average Bonchev–Trinajstić information content (AvgIpc) is 3.37. The van der Waals surface area contributed by atoms with Gasteiger partial charge in [0.25, 0.3) is 11.8 Å². The highest BCUT2D eigenvalue weighted by atomic mass is 32.2. The summed E-state index contributed by atoms with van der Waals surface area (Å²) in [5, 5.41) is 9.39. The Morgan fingerprint density at radius 2 is 1.77 bits per heavy atom. The van der Waals surface area contributed by atoms with Crippen molar-refractivity contribution < 1.29 is 27.5 Å². The summed E-state index contributed by atoms with van der Waals surface area (Å²) in [7, 11) is 0.158. The van der Waals surface area contributed by atoms with E-state index in [4.69, 9.17) is 9.47 Å². The van der Waals surface area contributed by atoms with E-state index in [0.29, 0.717) is 41.8 Å². The number of nitrogens with zero attached hydrogens (tertiary/aromatic N) is 1. The summed E-state index contributed by atoms with van der Waals surface area (Å²) in [5.74, 6) is 1.03. The van der Waals surface area contributed by atoms with Crippen LogP contribution in [0.5, 0.6) is 11.5 Å². The van der Waals surface area contributed by atoms with E-state index in [-0.39, 0.29) is 35.4 Å². The molecule has 12 heteroatoms. The van der Waals surface area contributed by atoms with Gasteiger partial charge in [-0.25, -0.2) is 8.42 Å². The first-order valence-corrected chi connectivity index (χ1v) is 15.9. The molecule has 3 aliphatic rings. The van der Waals surface area contributed by atoms with E-state index >= 15 is 0 Å². The number of carbonyl (C=O) groups excluding carboxylic acids is 2. The lowest BCUT2D eigenvalue weighted by Crippen LogP contribution is -2.46. The molecule has 1 aliphatic carbocycles. The maximum atomic E-state index is 13.1. The van der Waals surface area contributed by atoms with E-state index in [9.17, 15) is 18.0 Å². The fourth-order valence-electron chi connectivity index (χ4n) is 5.25. The second-order valence-corrected chi connectivity index (χ2v) is 13.6. The monoisotopic (exact) mass is 586 g/mol. The Balaban J connectivity index is 1.13. The smallest absolute Gasteiger partial charge is 0.253 e. The van der Waals surface area contributed by atoms with Crippen molar-refractivity contribution in [1.82, 2.24) is 20.9 Å². The molecule has 1 unspecified atom stereocenters. The number of hydrogen-bond acceptors (Lipinski definition) is 9. The molecule has 2 aromatic carbocycles. The number of rotatable bonds is 8. The van der Waals surface area contributed by atoms with Gasteiger partial charge < -0.3 is 25.4 Å². The van der Waals surface area contributed by atoms with E-state index in [2.05, 4.69) is 20.9 Å². The molecular weight excluding hydrogens is 552 g/mol. The Kier molecular flexibility index (Phi) is 8.57. The van der Waals surface area contributed by atoms with Crippen LogP contribution in [-0.4, -0.2) is 75.5 Å². The Morgan fingerprint density at radius 3 is 2.52 bits per heavy atom. The molecule has 0 spiro atoms. The molecule has 2 amide bonds. The number of hydrogen-bond donors (Lipinski definition) is 3. The predicted molar refractivity (Wildman–Crippen MR) is 154 cm³/mol. The third-order valence-electron chi connectivity index (χ3n) is 7.50. The standard InChI is InChI=1S/C28H34N4O6S2/c1-37-23-9-6-20(15-24(23)38-2)26(33)29-17-18-4-3-5-19(14-18)27(34)31-28-30-22-8-7-21(16-25(22)39-28)32-10-12-40(35,36)13-11-32/h3-6,9,14-15,21,28,30H,7-8,10-13,16-17H2,1-2H3,(H,29,33)(H,31,34)/t21?,28-/m0/s1. The summed E-state index contributed by atoms with van der Waals surface area (Å²) >= 11 is 1.62. The quantitative estimate of drug-likeness (QED) is 0.428. The fourth-order valence-corrected chi connectivity index (χ4v) is 7.72. The minimum atomic E-state index is -2.90. The number of allylic oxidation sites excluding steroid dienone is 1. The van der Waals surface area contributed by atoms with Crippen LogP contribution in [0.25, 0.3) is 0 Å². The van der Waals surface area contributed by atoms with Crippen LogP contribution in [0.15, 0.2) is 53.1 Å². The average molecular weight is 587 g/mol. The summed E-state index contributed by atoms with van der Waals surface area (Å²) in [5.41, 5.74) is 2.67. The van der Waals surface area contributed by atoms with Gasteiger partial charge in [-0.05, 0) is 55.2 Å². The summed E-state index contributed by atoms with van der Waals surface area (Å²) < 4.78 is 34.1. The molecule has 214 valence electrons. The van der Waals surface area contributed by atoms with Crippen molar-refractivity contribution in [3.8, 4) is 11.5 Å². The fraction of sp³-hybridized carbons (Fsp3) is 0.429. The van der Waals surface area contributed by atoms with Crippen molar-refractivity contribution in [2.45, 2.75) is 37.3 Å². The van der Waals surface area contributed by atoms with Crippen LogP contribution in [0.4, 0.5) is 0 Å². The third kappa shape index (κ3) is 6.56. The first-order chi connectivity index (χ1) is 19.2. The van der Waals surface area contributed by atoms with Crippen molar-refractivity contribution in [3.05, 3.63) is 69.8 Å². The van der Waals surface area contributed by atoms with Crippen molar-refractivity contribution in [1.29, 1.82) is 0 Å². The van der Waals surface area contributed by atoms with Gasteiger partial charge in [0.15, 0.2) is 26.8 Å². The zero-order valence-corrected chi connectivity index (χ0v) is 24.2. The van der Waals surface area contributed by atoms with Crippen molar-refractivity contribution >= 4 is 33.4 Å². The molecule has 1 saturated heterocycles. The molecule has 40 heavy (non-hydrogen) atoms. The molecular formula is C28H34N4O6S2. The molecule has 2 aromatic rings. The number of sulfone groups is 1. The van der Waals surface area contributed by atoms with Crippen LogP contribution in [0.1, 0.15) is 45.5 Å². The summed E-state index contributed by atoms with van der Waals surface area (Å²) in [6.45, 7) is 1.46. The van der Waals surface area contributed by atoms with Gasteiger partial charge in [-0.3, -0.25) is 14.5 Å². The summed E-state index contributed by atoms with van der Waals surface area (Å²) in [4.78, 5) is 29.3. The topological polar surface area (TPSA) is 126 Å². The molecule has 1 fully saturated rings. The zero-order valence-electron chi connectivity index (χ0n) is 22.6. The first kappa shape index (κ1) is 28.3. The van der Waals surface area contributed by atoms with E-state index < -0.39 is 9.84 Å². The Hall–Kier alpha value is -3.22. The molecule has 3 N–H and O–H groups in total. The predicted octanol–water partition coefficient (Wildman–Crippen LogP) is 2.48. The van der Waals surface area contributed by atoms with E-state index in [1.807, 2.05) is 6.07 Å². The summed E-state index contributed by atoms with van der Waals surface area (Å²) in [6, 6.07) is 12.5. The van der Waals surface area contributed by atoms with Gasteiger partial charge in [-0.15, -0.1) is 0 Å². The van der Waals surface area contributed by atoms with Crippen LogP contribution >= 0.6 is 11.8 Å². The number of amides is 2. The molecule has 0 aromatic heterocycles. The molecule has 5 rings (SSSR count). The van der Waals surface area contributed by atoms with Gasteiger partial charge in [0.2, 0.25) is 0 Å². The zero-order chi connectivity index (χ0) is 28.3. The summed E-state index contributed by atoms with van der Waals surface area (Å²) in [6.07, 6.45) is 2.73. The number of ether oxygens (including phenoxy) is 2. The Labute approximate surface area is 238 Å². The van der Waals surface area contributed by atoms with Crippen LogP contribution < -0.4 is 25.4 Å². The van der Waals surface area contributed by atoms with Gasteiger partial charge in [-0.2, -0.15) is 0 Å². The molecule has 10 nitrogen and oxygen atoms in total. The van der Waals surface area contributed by atoms with E-state index in [0.717, 1.165) is 24.8 Å². The van der Waals surface area contributed by atoms with Crippen molar-refractivity contribution in [2.75, 3.05) is 38.8 Å². The highest BCUT2D eigenvalue weighted by Crippen LogP contribution is 2.40.